The first-order chi connectivity index (χ1) is 9.39. The van der Waals surface area contributed by atoms with Gasteiger partial charge >= 0.3 is 0 Å². The summed E-state index contributed by atoms with van der Waals surface area (Å²) in [6.07, 6.45) is 2.61. The van der Waals surface area contributed by atoms with Crippen LogP contribution < -0.4 is 0 Å². The van der Waals surface area contributed by atoms with E-state index >= 15 is 0 Å². The van der Waals surface area contributed by atoms with E-state index in [4.69, 9.17) is 9.47 Å². The molecule has 2 rings (SSSR count). The standard InChI is InChI=1S/C17H24O3/c1-16(2)19-12-11-17(3,20-16)13-15(18)10-9-14-7-5-4-6-8-14/h4-8H,9-13H2,1-3H3. The number of carbonyl (C=O) groups is 1. The molecule has 0 aliphatic carbocycles. The van der Waals surface area contributed by atoms with Crippen molar-refractivity contribution in [3.63, 3.8) is 0 Å². The second kappa shape index (κ2) is 6.06. The molecule has 0 amide bonds. The van der Waals surface area contributed by atoms with Crippen molar-refractivity contribution < 1.29 is 14.3 Å². The fourth-order valence-corrected chi connectivity index (χ4v) is 2.74. The van der Waals surface area contributed by atoms with Crippen molar-refractivity contribution in [2.45, 2.75) is 57.8 Å². The number of rotatable bonds is 5. The van der Waals surface area contributed by atoms with Crippen molar-refractivity contribution >= 4 is 5.78 Å². The lowest BCUT2D eigenvalue weighted by Gasteiger charge is -2.42. The summed E-state index contributed by atoms with van der Waals surface area (Å²) in [5.41, 5.74) is 0.814. The molecule has 1 aromatic rings. The van der Waals surface area contributed by atoms with Crippen LogP contribution in [0.1, 0.15) is 45.6 Å². The fraction of sp³-hybridized carbons (Fsp3) is 0.588. The van der Waals surface area contributed by atoms with E-state index in [-0.39, 0.29) is 5.78 Å². The monoisotopic (exact) mass is 276 g/mol. The van der Waals surface area contributed by atoms with Crippen LogP contribution in [0.2, 0.25) is 0 Å². The number of carbonyl (C=O) groups excluding carboxylic acids is 1. The Balaban J connectivity index is 1.85. The van der Waals surface area contributed by atoms with E-state index in [1.165, 1.54) is 5.56 Å². The first-order valence-electron chi connectivity index (χ1n) is 7.28. The third kappa shape index (κ3) is 4.43. The van der Waals surface area contributed by atoms with Gasteiger partial charge in [-0.05, 0) is 32.8 Å². The van der Waals surface area contributed by atoms with Gasteiger partial charge in [0.15, 0.2) is 5.79 Å². The van der Waals surface area contributed by atoms with E-state index in [2.05, 4.69) is 12.1 Å². The summed E-state index contributed by atoms with van der Waals surface area (Å²) in [6, 6.07) is 10.1. The van der Waals surface area contributed by atoms with Crippen LogP contribution in [0, 0.1) is 0 Å². The van der Waals surface area contributed by atoms with Gasteiger partial charge in [-0.25, -0.2) is 0 Å². The minimum Gasteiger partial charge on any atom is -0.350 e. The maximum Gasteiger partial charge on any atom is 0.163 e. The van der Waals surface area contributed by atoms with Crippen molar-refractivity contribution in [2.24, 2.45) is 0 Å². The Morgan fingerprint density at radius 2 is 1.90 bits per heavy atom. The van der Waals surface area contributed by atoms with Gasteiger partial charge in [0.05, 0.1) is 12.2 Å². The summed E-state index contributed by atoms with van der Waals surface area (Å²) in [6.45, 7) is 6.46. The maximum atomic E-state index is 12.2. The number of ketones is 1. The Bertz CT molecular complexity index is 453. The average Bonchev–Trinajstić information content (AvgIpc) is 2.35. The van der Waals surface area contributed by atoms with Crippen molar-refractivity contribution in [1.29, 1.82) is 0 Å². The SMILES string of the molecule is CC1(CC(=O)CCc2ccccc2)CCOC(C)(C)O1. The highest BCUT2D eigenvalue weighted by molar-refractivity contribution is 5.79. The van der Waals surface area contributed by atoms with Crippen LogP contribution in [0.5, 0.6) is 0 Å². The molecule has 0 spiro atoms. The van der Waals surface area contributed by atoms with E-state index in [9.17, 15) is 4.79 Å². The molecule has 1 aliphatic heterocycles. The quantitative estimate of drug-likeness (QED) is 0.825. The van der Waals surface area contributed by atoms with Gasteiger partial charge in [0.2, 0.25) is 0 Å². The summed E-state index contributed by atoms with van der Waals surface area (Å²) < 4.78 is 11.5. The van der Waals surface area contributed by atoms with E-state index in [1.807, 2.05) is 39.0 Å². The predicted octanol–water partition coefficient (Wildman–Crippen LogP) is 3.51. The lowest BCUT2D eigenvalue weighted by Crippen LogP contribution is -2.48. The van der Waals surface area contributed by atoms with Gasteiger partial charge in [0.1, 0.15) is 5.78 Å². The van der Waals surface area contributed by atoms with Gasteiger partial charge in [-0.3, -0.25) is 4.79 Å². The summed E-state index contributed by atoms with van der Waals surface area (Å²) in [4.78, 5) is 12.2. The molecular formula is C17H24O3. The van der Waals surface area contributed by atoms with Gasteiger partial charge < -0.3 is 9.47 Å². The van der Waals surface area contributed by atoms with Crippen LogP contribution in [-0.4, -0.2) is 23.8 Å². The Hall–Kier alpha value is -1.19. The number of benzene rings is 1. The highest BCUT2D eigenvalue weighted by atomic mass is 16.7. The van der Waals surface area contributed by atoms with Gasteiger partial charge in [-0.15, -0.1) is 0 Å². The molecular weight excluding hydrogens is 252 g/mol. The van der Waals surface area contributed by atoms with E-state index < -0.39 is 11.4 Å². The van der Waals surface area contributed by atoms with Crippen molar-refractivity contribution in [2.75, 3.05) is 6.61 Å². The molecule has 0 radical (unpaired) electrons. The Labute approximate surface area is 121 Å². The highest BCUT2D eigenvalue weighted by Crippen LogP contribution is 2.33. The number of aryl methyl sites for hydroxylation is 1. The number of Topliss-reactive ketones (excluding diaryl/α,β-unsaturated/α-hetero) is 1. The number of hydrogen-bond acceptors (Lipinski definition) is 3. The smallest absolute Gasteiger partial charge is 0.163 e. The fourth-order valence-electron chi connectivity index (χ4n) is 2.74. The second-order valence-electron chi connectivity index (χ2n) is 6.25. The lowest BCUT2D eigenvalue weighted by molar-refractivity contribution is -0.305. The third-order valence-corrected chi connectivity index (χ3v) is 3.68. The second-order valence-corrected chi connectivity index (χ2v) is 6.25. The summed E-state index contributed by atoms with van der Waals surface area (Å²) in [7, 11) is 0. The summed E-state index contributed by atoms with van der Waals surface area (Å²) >= 11 is 0. The minimum atomic E-state index is -0.591. The van der Waals surface area contributed by atoms with E-state index in [0.717, 1.165) is 12.8 Å². The Kier molecular flexibility index (Phi) is 4.61. The molecule has 110 valence electrons. The summed E-state index contributed by atoms with van der Waals surface area (Å²) in [5.74, 6) is -0.332. The van der Waals surface area contributed by atoms with Gasteiger partial charge in [-0.2, -0.15) is 0 Å². The van der Waals surface area contributed by atoms with Crippen molar-refractivity contribution in [3.05, 3.63) is 35.9 Å². The molecule has 1 heterocycles. The first-order valence-corrected chi connectivity index (χ1v) is 7.28. The zero-order valence-corrected chi connectivity index (χ0v) is 12.6. The molecule has 0 saturated carbocycles. The Morgan fingerprint density at radius 3 is 2.55 bits per heavy atom. The van der Waals surface area contributed by atoms with Crippen LogP contribution in [0.15, 0.2) is 30.3 Å². The molecule has 1 aromatic carbocycles. The van der Waals surface area contributed by atoms with Crippen LogP contribution in [0.3, 0.4) is 0 Å². The first kappa shape index (κ1) is 15.2. The molecule has 0 bridgehead atoms. The van der Waals surface area contributed by atoms with Crippen molar-refractivity contribution in [1.82, 2.24) is 0 Å². The molecule has 1 fully saturated rings. The molecule has 1 atom stereocenters. The topological polar surface area (TPSA) is 35.5 Å². The van der Waals surface area contributed by atoms with Crippen molar-refractivity contribution in [3.8, 4) is 0 Å². The van der Waals surface area contributed by atoms with Crippen LogP contribution in [0.25, 0.3) is 0 Å². The number of ether oxygens (including phenoxy) is 2. The third-order valence-electron chi connectivity index (χ3n) is 3.68. The van der Waals surface area contributed by atoms with E-state index in [1.54, 1.807) is 0 Å². The normalized spacial score (nSPS) is 25.4. The zero-order chi connectivity index (χ0) is 14.6. The number of hydrogen-bond donors (Lipinski definition) is 0. The maximum absolute atomic E-state index is 12.2. The van der Waals surface area contributed by atoms with Gasteiger partial charge in [0, 0.05) is 19.3 Å². The minimum absolute atomic E-state index is 0.258. The van der Waals surface area contributed by atoms with Crippen LogP contribution in [-0.2, 0) is 20.7 Å². The van der Waals surface area contributed by atoms with E-state index in [0.29, 0.717) is 19.4 Å². The highest BCUT2D eigenvalue weighted by Gasteiger charge is 2.39. The molecule has 3 nitrogen and oxygen atoms in total. The largest absolute Gasteiger partial charge is 0.350 e. The predicted molar refractivity (Wildman–Crippen MR) is 78.5 cm³/mol. The van der Waals surface area contributed by atoms with Crippen LogP contribution in [0.4, 0.5) is 0 Å². The molecule has 1 saturated heterocycles. The summed E-state index contributed by atoms with van der Waals surface area (Å²) in [5, 5.41) is 0. The molecule has 1 aliphatic rings. The molecule has 20 heavy (non-hydrogen) atoms. The van der Waals surface area contributed by atoms with Crippen LogP contribution >= 0.6 is 0 Å². The molecule has 0 aromatic heterocycles. The Morgan fingerprint density at radius 1 is 1.20 bits per heavy atom. The van der Waals surface area contributed by atoms with Gasteiger partial charge in [-0.1, -0.05) is 30.3 Å². The molecule has 1 unspecified atom stereocenters. The zero-order valence-electron chi connectivity index (χ0n) is 12.6. The van der Waals surface area contributed by atoms with Gasteiger partial charge in [0.25, 0.3) is 0 Å². The molecule has 0 N–H and O–H groups in total. The molecule has 3 heteroatoms. The average molecular weight is 276 g/mol. The lowest BCUT2D eigenvalue weighted by atomic mass is 9.91.